The summed E-state index contributed by atoms with van der Waals surface area (Å²) in [7, 11) is 0. The zero-order valence-electron chi connectivity index (χ0n) is 12.5. The molecule has 1 aromatic carbocycles. The van der Waals surface area contributed by atoms with E-state index in [0.29, 0.717) is 18.1 Å². The zero-order valence-corrected chi connectivity index (χ0v) is 13.3. The number of nitrogens with one attached hydrogen (secondary N) is 1. The topological polar surface area (TPSA) is 74.8 Å². The Bertz CT molecular complexity index is 613. The van der Waals surface area contributed by atoms with Gasteiger partial charge >= 0.3 is 0 Å². The highest BCUT2D eigenvalue weighted by molar-refractivity contribution is 8.00. The molecule has 0 spiro atoms. The first-order chi connectivity index (χ1) is 10.7. The van der Waals surface area contributed by atoms with Crippen molar-refractivity contribution in [2.45, 2.75) is 30.6 Å². The van der Waals surface area contributed by atoms with Gasteiger partial charge in [0.1, 0.15) is 0 Å². The second-order valence-electron chi connectivity index (χ2n) is 5.55. The van der Waals surface area contributed by atoms with Crippen LogP contribution in [0, 0.1) is 6.92 Å². The van der Waals surface area contributed by atoms with Crippen molar-refractivity contribution in [3.8, 4) is 0 Å². The Kier molecular flexibility index (Phi) is 4.72. The number of hydrogen-bond donors (Lipinski definition) is 1. The number of thioether (sulfide) groups is 1. The Labute approximate surface area is 133 Å². The van der Waals surface area contributed by atoms with Gasteiger partial charge in [-0.3, -0.25) is 4.79 Å². The van der Waals surface area contributed by atoms with Crippen LogP contribution >= 0.6 is 11.8 Å². The van der Waals surface area contributed by atoms with Crippen LogP contribution in [-0.4, -0.2) is 50.3 Å². The highest BCUT2D eigenvalue weighted by Crippen LogP contribution is 2.25. The maximum absolute atomic E-state index is 12.4. The summed E-state index contributed by atoms with van der Waals surface area (Å²) in [6.45, 7) is 3.57. The number of nitrogens with zero attached hydrogens (tertiary/aromatic N) is 4. The molecule has 6 nitrogen and oxygen atoms in total. The van der Waals surface area contributed by atoms with Crippen LogP contribution in [0.4, 0.5) is 0 Å². The first-order valence-electron chi connectivity index (χ1n) is 7.43. The van der Waals surface area contributed by atoms with Crippen molar-refractivity contribution < 1.29 is 4.79 Å². The molecule has 1 saturated heterocycles. The van der Waals surface area contributed by atoms with Gasteiger partial charge in [-0.25, -0.2) is 0 Å². The van der Waals surface area contributed by atoms with Gasteiger partial charge < -0.3 is 4.90 Å². The average molecular weight is 317 g/mol. The number of carbonyl (C=O) groups excluding carboxylic acids is 1. The molecule has 1 aliphatic rings. The molecule has 2 aromatic rings. The molecular formula is C15H19N5OS. The highest BCUT2D eigenvalue weighted by Gasteiger charge is 2.27. The fraction of sp³-hybridized carbons (Fsp3) is 0.467. The normalized spacial score (nSPS) is 18.4. The number of benzene rings is 1. The van der Waals surface area contributed by atoms with Crippen molar-refractivity contribution in [2.24, 2.45) is 0 Å². The lowest BCUT2D eigenvalue weighted by atomic mass is 9.97. The molecule has 0 aliphatic carbocycles. The number of aromatic nitrogens is 4. The van der Waals surface area contributed by atoms with E-state index in [-0.39, 0.29) is 11.8 Å². The number of amides is 1. The summed E-state index contributed by atoms with van der Waals surface area (Å²) in [5.41, 5.74) is 1.23. The zero-order chi connectivity index (χ0) is 15.4. The Morgan fingerprint density at radius 2 is 2.23 bits per heavy atom. The molecule has 1 unspecified atom stereocenters. The monoisotopic (exact) mass is 317 g/mol. The van der Waals surface area contributed by atoms with Crippen LogP contribution in [-0.2, 0) is 4.79 Å². The minimum absolute atomic E-state index is 0.179. The third-order valence-electron chi connectivity index (χ3n) is 3.88. The number of carbonyl (C=O) groups is 1. The Hall–Kier alpha value is -1.89. The summed E-state index contributed by atoms with van der Waals surface area (Å²) in [6.07, 6.45) is 1.99. The van der Waals surface area contributed by atoms with Crippen molar-refractivity contribution in [3.05, 3.63) is 35.7 Å². The summed E-state index contributed by atoms with van der Waals surface area (Å²) in [4.78, 5) is 15.4. The maximum Gasteiger partial charge on any atom is 0.232 e. The lowest BCUT2D eigenvalue weighted by Gasteiger charge is -2.31. The first kappa shape index (κ1) is 15.0. The van der Waals surface area contributed by atoms with Crippen LogP contribution < -0.4 is 0 Å². The SMILES string of the molecule is Cc1ccc(SCC(=O)N2CCCC(c3nn[nH]n3)C2)cc1. The average Bonchev–Trinajstić information content (AvgIpc) is 3.09. The Morgan fingerprint density at radius 3 is 2.95 bits per heavy atom. The minimum Gasteiger partial charge on any atom is -0.341 e. The largest absolute Gasteiger partial charge is 0.341 e. The Balaban J connectivity index is 1.54. The number of aromatic amines is 1. The molecule has 1 aromatic heterocycles. The number of H-pyrrole nitrogens is 1. The summed E-state index contributed by atoms with van der Waals surface area (Å²) in [6, 6.07) is 8.26. The number of rotatable bonds is 4. The summed E-state index contributed by atoms with van der Waals surface area (Å²) >= 11 is 1.59. The van der Waals surface area contributed by atoms with Gasteiger partial charge in [-0.05, 0) is 31.9 Å². The van der Waals surface area contributed by atoms with Crippen molar-refractivity contribution in [1.82, 2.24) is 25.5 Å². The lowest BCUT2D eigenvalue weighted by molar-refractivity contribution is -0.129. The summed E-state index contributed by atoms with van der Waals surface area (Å²) < 4.78 is 0. The van der Waals surface area contributed by atoms with Gasteiger partial charge in [0.15, 0.2) is 5.82 Å². The van der Waals surface area contributed by atoms with Gasteiger partial charge in [0.05, 0.1) is 5.75 Å². The number of aryl methyl sites for hydroxylation is 1. The van der Waals surface area contributed by atoms with Crippen LogP contribution in [0.2, 0.25) is 0 Å². The number of piperidine rings is 1. The number of tetrazole rings is 1. The second-order valence-corrected chi connectivity index (χ2v) is 6.60. The van der Waals surface area contributed by atoms with E-state index in [1.807, 2.05) is 4.90 Å². The molecule has 1 fully saturated rings. The minimum atomic E-state index is 0.179. The molecule has 0 bridgehead atoms. The van der Waals surface area contributed by atoms with E-state index in [9.17, 15) is 4.79 Å². The summed E-state index contributed by atoms with van der Waals surface area (Å²) in [5, 5.41) is 14.2. The predicted octanol–water partition coefficient (Wildman–Crippen LogP) is 2.01. The molecule has 1 atom stereocenters. The van der Waals surface area contributed by atoms with Crippen molar-refractivity contribution >= 4 is 17.7 Å². The Morgan fingerprint density at radius 1 is 1.41 bits per heavy atom. The number of likely N-dealkylation sites (tertiary alicyclic amines) is 1. The molecule has 0 saturated carbocycles. The van der Waals surface area contributed by atoms with Gasteiger partial charge in [-0.1, -0.05) is 22.9 Å². The van der Waals surface area contributed by atoms with Gasteiger partial charge in [0.25, 0.3) is 0 Å². The van der Waals surface area contributed by atoms with Crippen LogP contribution in [0.25, 0.3) is 0 Å². The van der Waals surface area contributed by atoms with Crippen molar-refractivity contribution in [1.29, 1.82) is 0 Å². The van der Waals surface area contributed by atoms with E-state index in [2.05, 4.69) is 51.8 Å². The van der Waals surface area contributed by atoms with E-state index in [1.54, 1.807) is 11.8 Å². The van der Waals surface area contributed by atoms with Crippen molar-refractivity contribution in [3.63, 3.8) is 0 Å². The molecule has 7 heteroatoms. The standard InChI is InChI=1S/C15H19N5OS/c1-11-4-6-13(7-5-11)22-10-14(21)20-8-2-3-12(9-20)15-16-18-19-17-15/h4-7,12H,2-3,8-10H2,1H3,(H,16,17,18,19). The molecule has 2 heterocycles. The molecule has 1 N–H and O–H groups in total. The maximum atomic E-state index is 12.4. The van der Waals surface area contributed by atoms with Crippen LogP contribution in [0.1, 0.15) is 30.1 Å². The van der Waals surface area contributed by atoms with Gasteiger partial charge in [0.2, 0.25) is 5.91 Å². The van der Waals surface area contributed by atoms with E-state index in [4.69, 9.17) is 0 Å². The molecule has 0 radical (unpaired) electrons. The molecule has 22 heavy (non-hydrogen) atoms. The first-order valence-corrected chi connectivity index (χ1v) is 8.41. The van der Waals surface area contributed by atoms with E-state index in [1.165, 1.54) is 5.56 Å². The fourth-order valence-corrected chi connectivity index (χ4v) is 3.43. The molecule has 1 aliphatic heterocycles. The second kappa shape index (κ2) is 6.91. The van der Waals surface area contributed by atoms with Crippen LogP contribution in [0.5, 0.6) is 0 Å². The van der Waals surface area contributed by atoms with Gasteiger partial charge in [-0.2, -0.15) is 5.21 Å². The highest BCUT2D eigenvalue weighted by atomic mass is 32.2. The van der Waals surface area contributed by atoms with Gasteiger partial charge in [-0.15, -0.1) is 22.0 Å². The lowest BCUT2D eigenvalue weighted by Crippen LogP contribution is -2.40. The smallest absolute Gasteiger partial charge is 0.232 e. The predicted molar refractivity (Wildman–Crippen MR) is 84.6 cm³/mol. The van der Waals surface area contributed by atoms with Crippen LogP contribution in [0.15, 0.2) is 29.2 Å². The van der Waals surface area contributed by atoms with Gasteiger partial charge in [0, 0.05) is 23.9 Å². The number of hydrogen-bond acceptors (Lipinski definition) is 5. The van der Waals surface area contributed by atoms with Crippen LogP contribution in [0.3, 0.4) is 0 Å². The molecular weight excluding hydrogens is 298 g/mol. The van der Waals surface area contributed by atoms with E-state index in [0.717, 1.165) is 24.3 Å². The van der Waals surface area contributed by atoms with Crippen molar-refractivity contribution in [2.75, 3.05) is 18.8 Å². The van der Waals surface area contributed by atoms with E-state index >= 15 is 0 Å². The summed E-state index contributed by atoms with van der Waals surface area (Å²) in [5.74, 6) is 1.56. The molecule has 1 amide bonds. The third-order valence-corrected chi connectivity index (χ3v) is 4.88. The molecule has 116 valence electrons. The fourth-order valence-electron chi connectivity index (χ4n) is 2.63. The quantitative estimate of drug-likeness (QED) is 0.873. The third kappa shape index (κ3) is 3.65. The van der Waals surface area contributed by atoms with E-state index < -0.39 is 0 Å². The molecule has 3 rings (SSSR count).